The molecule has 2 bridgehead atoms. The van der Waals surface area contributed by atoms with Gasteiger partial charge in [0.15, 0.2) is 0 Å². The smallest absolute Gasteiger partial charge is 0.0703 e. The molecule has 0 aromatic carbocycles. The van der Waals surface area contributed by atoms with Crippen LogP contribution >= 0.6 is 0 Å². The fourth-order valence-electron chi connectivity index (χ4n) is 3.41. The Morgan fingerprint density at radius 1 is 1.25 bits per heavy atom. The molecular formula is C10H12N2. The summed E-state index contributed by atoms with van der Waals surface area (Å²) in [6, 6.07) is 0.819. The molecule has 0 N–H and O–H groups in total. The predicted molar refractivity (Wildman–Crippen MR) is 46.7 cm³/mol. The second-order valence-corrected chi connectivity index (χ2v) is 4.56. The third-order valence-electron chi connectivity index (χ3n) is 4.04. The van der Waals surface area contributed by atoms with Gasteiger partial charge in [0.2, 0.25) is 0 Å². The van der Waals surface area contributed by atoms with Gasteiger partial charge in [-0.15, -0.1) is 0 Å². The summed E-state index contributed by atoms with van der Waals surface area (Å²) in [7, 11) is 0. The molecule has 4 aliphatic rings. The molecule has 2 aliphatic heterocycles. The minimum absolute atomic E-state index is 0.795. The zero-order valence-electron chi connectivity index (χ0n) is 6.93. The fourth-order valence-corrected chi connectivity index (χ4v) is 3.41. The highest BCUT2D eigenvalue weighted by molar-refractivity contribution is 5.65. The zero-order chi connectivity index (χ0) is 7.71. The molecule has 62 valence electrons. The first-order valence-electron chi connectivity index (χ1n) is 4.92. The summed E-state index contributed by atoms with van der Waals surface area (Å²) in [6.07, 6.45) is 8.48. The number of hydrogen-bond acceptors (Lipinski definition) is 2. The standard InChI is InChI=1S/C10H12N2/c1-2-7-3-6(1)8-4-11-12-5-9(12)10(7)8/h1-2,4,6-10H,3,5H2/t6-,7+,8+,9-,10-,12?/m1/s1. The van der Waals surface area contributed by atoms with Gasteiger partial charge >= 0.3 is 0 Å². The highest BCUT2D eigenvalue weighted by Crippen LogP contribution is 2.53. The normalized spacial score (nSPS) is 57.3. The van der Waals surface area contributed by atoms with Crippen molar-refractivity contribution in [1.29, 1.82) is 0 Å². The Bertz CT molecular complexity index is 294. The lowest BCUT2D eigenvalue weighted by molar-refractivity contribution is 0.311. The van der Waals surface area contributed by atoms with E-state index in [0.29, 0.717) is 0 Å². The van der Waals surface area contributed by atoms with Crippen molar-refractivity contribution in [3.05, 3.63) is 12.2 Å². The molecule has 1 saturated carbocycles. The first-order chi connectivity index (χ1) is 5.93. The van der Waals surface area contributed by atoms with Crippen LogP contribution in [0.15, 0.2) is 17.3 Å². The summed E-state index contributed by atoms with van der Waals surface area (Å²) in [6.45, 7) is 1.23. The summed E-state index contributed by atoms with van der Waals surface area (Å²) in [5.41, 5.74) is 0. The van der Waals surface area contributed by atoms with Crippen LogP contribution in [-0.2, 0) is 0 Å². The Hall–Kier alpha value is -0.790. The van der Waals surface area contributed by atoms with E-state index in [1.807, 2.05) is 0 Å². The van der Waals surface area contributed by atoms with Crippen LogP contribution in [0.5, 0.6) is 0 Å². The highest BCUT2D eigenvalue weighted by atomic mass is 15.6. The van der Waals surface area contributed by atoms with E-state index in [2.05, 4.69) is 28.5 Å². The molecule has 2 heteroatoms. The first kappa shape index (κ1) is 5.79. The van der Waals surface area contributed by atoms with Crippen molar-refractivity contribution in [2.24, 2.45) is 28.8 Å². The molecule has 0 radical (unpaired) electrons. The van der Waals surface area contributed by atoms with Crippen molar-refractivity contribution < 1.29 is 0 Å². The van der Waals surface area contributed by atoms with Gasteiger partial charge in [0.25, 0.3) is 0 Å². The van der Waals surface area contributed by atoms with Crippen LogP contribution in [-0.4, -0.2) is 23.8 Å². The average molecular weight is 160 g/mol. The predicted octanol–water partition coefficient (Wildman–Crippen LogP) is 1.11. The van der Waals surface area contributed by atoms with Crippen LogP contribution in [0.1, 0.15) is 6.42 Å². The quantitative estimate of drug-likeness (QED) is 0.383. The van der Waals surface area contributed by atoms with Gasteiger partial charge in [-0.25, -0.2) is 0 Å². The van der Waals surface area contributed by atoms with Crippen molar-refractivity contribution >= 4 is 6.21 Å². The molecule has 2 nitrogen and oxygen atoms in total. The minimum atomic E-state index is 0.795. The van der Waals surface area contributed by atoms with Crippen LogP contribution in [0.3, 0.4) is 0 Å². The molecule has 1 saturated heterocycles. The van der Waals surface area contributed by atoms with Crippen LogP contribution in [0.25, 0.3) is 0 Å². The number of rotatable bonds is 0. The molecule has 0 aromatic rings. The van der Waals surface area contributed by atoms with E-state index >= 15 is 0 Å². The third kappa shape index (κ3) is 0.501. The Morgan fingerprint density at radius 2 is 2.17 bits per heavy atom. The average Bonchev–Trinajstić information content (AvgIpc) is 2.62. The molecule has 5 atom stereocenters. The molecule has 2 fully saturated rings. The number of hydrazone groups is 1. The molecule has 0 amide bonds. The lowest BCUT2D eigenvalue weighted by Crippen LogP contribution is -2.30. The maximum absolute atomic E-state index is 4.44. The van der Waals surface area contributed by atoms with Crippen LogP contribution in [0, 0.1) is 23.7 Å². The minimum Gasteiger partial charge on any atom is -0.290 e. The van der Waals surface area contributed by atoms with E-state index in [-0.39, 0.29) is 0 Å². The van der Waals surface area contributed by atoms with Gasteiger partial charge in [-0.3, -0.25) is 5.01 Å². The third-order valence-corrected chi connectivity index (χ3v) is 4.04. The summed E-state index contributed by atoms with van der Waals surface area (Å²) >= 11 is 0. The van der Waals surface area contributed by atoms with Crippen LogP contribution in [0.4, 0.5) is 0 Å². The van der Waals surface area contributed by atoms with Gasteiger partial charge in [-0.1, -0.05) is 12.2 Å². The van der Waals surface area contributed by atoms with Gasteiger partial charge in [0.1, 0.15) is 0 Å². The van der Waals surface area contributed by atoms with E-state index in [9.17, 15) is 0 Å². The van der Waals surface area contributed by atoms with Gasteiger partial charge in [0.05, 0.1) is 12.6 Å². The monoisotopic (exact) mass is 160 g/mol. The van der Waals surface area contributed by atoms with E-state index in [1.54, 1.807) is 0 Å². The summed E-state index contributed by atoms with van der Waals surface area (Å²) in [5, 5.41) is 6.69. The SMILES string of the molecule is C1=C[C@H]2C[C@@H]1[C@@H]1C=NN3C[C@@H]3[C@@H]12. The number of hydrogen-bond donors (Lipinski definition) is 0. The Morgan fingerprint density at radius 3 is 3.17 bits per heavy atom. The van der Waals surface area contributed by atoms with E-state index in [0.717, 1.165) is 29.7 Å². The first-order valence-corrected chi connectivity index (χ1v) is 4.92. The van der Waals surface area contributed by atoms with Crippen molar-refractivity contribution in [3.63, 3.8) is 0 Å². The Labute approximate surface area is 71.9 Å². The highest BCUT2D eigenvalue weighted by Gasteiger charge is 2.55. The number of allylic oxidation sites excluding steroid dienone is 2. The van der Waals surface area contributed by atoms with Gasteiger partial charge < -0.3 is 0 Å². The van der Waals surface area contributed by atoms with Crippen LogP contribution < -0.4 is 0 Å². The lowest BCUT2D eigenvalue weighted by atomic mass is 9.81. The maximum Gasteiger partial charge on any atom is 0.0703 e. The van der Waals surface area contributed by atoms with Gasteiger partial charge in [0, 0.05) is 12.1 Å². The van der Waals surface area contributed by atoms with E-state index in [4.69, 9.17) is 0 Å². The molecule has 2 heterocycles. The topological polar surface area (TPSA) is 15.4 Å². The molecule has 2 aliphatic carbocycles. The lowest BCUT2D eigenvalue weighted by Gasteiger charge is -2.27. The summed E-state index contributed by atoms with van der Waals surface area (Å²) in [4.78, 5) is 0. The zero-order valence-corrected chi connectivity index (χ0v) is 6.93. The molecular weight excluding hydrogens is 148 g/mol. The summed E-state index contributed by atoms with van der Waals surface area (Å²) in [5.74, 6) is 3.45. The van der Waals surface area contributed by atoms with Crippen molar-refractivity contribution in [1.82, 2.24) is 5.01 Å². The van der Waals surface area contributed by atoms with E-state index in [1.165, 1.54) is 13.0 Å². The largest absolute Gasteiger partial charge is 0.290 e. The van der Waals surface area contributed by atoms with Crippen molar-refractivity contribution in [3.8, 4) is 0 Å². The van der Waals surface area contributed by atoms with Crippen molar-refractivity contribution in [2.45, 2.75) is 12.5 Å². The second-order valence-electron chi connectivity index (χ2n) is 4.56. The second kappa shape index (κ2) is 1.61. The number of fused-ring (bicyclic) bond motifs is 7. The van der Waals surface area contributed by atoms with Crippen molar-refractivity contribution in [2.75, 3.05) is 6.54 Å². The molecule has 12 heavy (non-hydrogen) atoms. The number of nitrogens with zero attached hydrogens (tertiary/aromatic N) is 2. The molecule has 4 rings (SSSR count). The maximum atomic E-state index is 4.44. The summed E-state index contributed by atoms with van der Waals surface area (Å²) < 4.78 is 0. The van der Waals surface area contributed by atoms with Gasteiger partial charge in [-0.2, -0.15) is 5.10 Å². The van der Waals surface area contributed by atoms with E-state index < -0.39 is 0 Å². The molecule has 0 spiro atoms. The Balaban J connectivity index is 1.83. The molecule has 0 aromatic heterocycles. The molecule has 0 unspecified atom stereocenters. The van der Waals surface area contributed by atoms with Crippen LogP contribution in [0.2, 0.25) is 0 Å². The van der Waals surface area contributed by atoms with Gasteiger partial charge in [-0.05, 0) is 24.2 Å². The fraction of sp³-hybridized carbons (Fsp3) is 0.700. The Kier molecular flexibility index (Phi) is 0.775.